The smallest absolute Gasteiger partial charge is 0.214 e. The van der Waals surface area contributed by atoms with Crippen LogP contribution in [0, 0.1) is 0 Å². The van der Waals surface area contributed by atoms with Gasteiger partial charge in [-0.2, -0.15) is 0 Å². The number of hydrogen-bond acceptors (Lipinski definition) is 3. The summed E-state index contributed by atoms with van der Waals surface area (Å²) < 4.78 is 5.60. The molecule has 0 amide bonds. The molecule has 0 unspecified atom stereocenters. The normalized spacial score (nSPS) is 10.7. The number of nitrogens with zero attached hydrogens (tertiary/aromatic N) is 1. The van der Waals surface area contributed by atoms with Crippen LogP contribution in [0.25, 0.3) is 0 Å². The Labute approximate surface area is 91.9 Å². The topological polar surface area (TPSA) is 34.1 Å². The Morgan fingerprint density at radius 1 is 1.40 bits per heavy atom. The average Bonchev–Trinajstić information content (AvgIpc) is 2.16. The number of nitrogens with one attached hydrogen (secondary N) is 1. The van der Waals surface area contributed by atoms with Gasteiger partial charge in [-0.3, -0.25) is 0 Å². The molecule has 84 valence electrons. The highest BCUT2D eigenvalue weighted by Crippen LogP contribution is 2.14. The standard InChI is InChI=1S/C12H20N2O/c1-5-11-6-10(8-13-4)7-12(14-11)15-9(2)3/h6-7,9,13H,5,8H2,1-4H3. The van der Waals surface area contributed by atoms with Gasteiger partial charge in [0.25, 0.3) is 0 Å². The quantitative estimate of drug-likeness (QED) is 0.805. The number of aromatic nitrogens is 1. The lowest BCUT2D eigenvalue weighted by molar-refractivity contribution is 0.232. The monoisotopic (exact) mass is 208 g/mol. The summed E-state index contributed by atoms with van der Waals surface area (Å²) in [5.41, 5.74) is 2.30. The van der Waals surface area contributed by atoms with Crippen LogP contribution in [-0.4, -0.2) is 18.1 Å². The molecule has 15 heavy (non-hydrogen) atoms. The minimum Gasteiger partial charge on any atom is -0.475 e. The van der Waals surface area contributed by atoms with Crippen LogP contribution in [0.2, 0.25) is 0 Å². The maximum Gasteiger partial charge on any atom is 0.214 e. The van der Waals surface area contributed by atoms with E-state index in [1.165, 1.54) is 5.56 Å². The number of aryl methyl sites for hydroxylation is 1. The molecule has 0 aliphatic rings. The number of hydrogen-bond donors (Lipinski definition) is 1. The van der Waals surface area contributed by atoms with Crippen LogP contribution in [0.3, 0.4) is 0 Å². The fraction of sp³-hybridized carbons (Fsp3) is 0.583. The first-order valence-electron chi connectivity index (χ1n) is 5.46. The van der Waals surface area contributed by atoms with E-state index in [9.17, 15) is 0 Å². The molecule has 1 aromatic rings. The van der Waals surface area contributed by atoms with E-state index in [4.69, 9.17) is 4.74 Å². The zero-order valence-electron chi connectivity index (χ0n) is 10.0. The van der Waals surface area contributed by atoms with E-state index < -0.39 is 0 Å². The first-order valence-corrected chi connectivity index (χ1v) is 5.46. The summed E-state index contributed by atoms with van der Waals surface area (Å²) in [4.78, 5) is 4.42. The summed E-state index contributed by atoms with van der Waals surface area (Å²) in [5.74, 6) is 0.731. The first-order chi connectivity index (χ1) is 7.15. The van der Waals surface area contributed by atoms with Crippen molar-refractivity contribution in [1.82, 2.24) is 10.3 Å². The lowest BCUT2D eigenvalue weighted by Gasteiger charge is -2.11. The van der Waals surface area contributed by atoms with Crippen molar-refractivity contribution in [3.8, 4) is 5.88 Å². The molecular weight excluding hydrogens is 188 g/mol. The lowest BCUT2D eigenvalue weighted by Crippen LogP contribution is -2.10. The number of pyridine rings is 1. The van der Waals surface area contributed by atoms with E-state index in [1.807, 2.05) is 27.0 Å². The van der Waals surface area contributed by atoms with Crippen molar-refractivity contribution in [3.63, 3.8) is 0 Å². The maximum atomic E-state index is 5.60. The van der Waals surface area contributed by atoms with Gasteiger partial charge in [0.1, 0.15) is 0 Å². The molecule has 1 N–H and O–H groups in total. The van der Waals surface area contributed by atoms with Gasteiger partial charge in [0.2, 0.25) is 5.88 Å². The van der Waals surface area contributed by atoms with Crippen LogP contribution < -0.4 is 10.1 Å². The summed E-state index contributed by atoms with van der Waals surface area (Å²) in [6.07, 6.45) is 1.11. The molecule has 1 aromatic heterocycles. The summed E-state index contributed by atoms with van der Waals surface area (Å²) in [6, 6.07) is 4.11. The molecule has 1 heterocycles. The van der Waals surface area contributed by atoms with Crippen molar-refractivity contribution in [2.45, 2.75) is 39.8 Å². The SMILES string of the molecule is CCc1cc(CNC)cc(OC(C)C)n1. The van der Waals surface area contributed by atoms with Gasteiger partial charge in [-0.1, -0.05) is 6.92 Å². The van der Waals surface area contributed by atoms with Crippen molar-refractivity contribution in [3.05, 3.63) is 23.4 Å². The summed E-state index contributed by atoms with van der Waals surface area (Å²) in [6.45, 7) is 6.98. The van der Waals surface area contributed by atoms with Gasteiger partial charge < -0.3 is 10.1 Å². The van der Waals surface area contributed by atoms with E-state index >= 15 is 0 Å². The minimum absolute atomic E-state index is 0.173. The van der Waals surface area contributed by atoms with E-state index in [-0.39, 0.29) is 6.10 Å². The Balaban J connectivity index is 2.89. The lowest BCUT2D eigenvalue weighted by atomic mass is 10.2. The Hall–Kier alpha value is -1.09. The fourth-order valence-corrected chi connectivity index (χ4v) is 1.41. The van der Waals surface area contributed by atoms with Crippen LogP contribution >= 0.6 is 0 Å². The second-order valence-corrected chi connectivity index (χ2v) is 3.86. The largest absolute Gasteiger partial charge is 0.475 e. The van der Waals surface area contributed by atoms with Crippen molar-refractivity contribution in [2.24, 2.45) is 0 Å². The van der Waals surface area contributed by atoms with Gasteiger partial charge in [0.05, 0.1) is 6.10 Å². The van der Waals surface area contributed by atoms with Gasteiger partial charge in [-0.15, -0.1) is 0 Å². The van der Waals surface area contributed by atoms with Gasteiger partial charge in [-0.05, 0) is 38.9 Å². The molecule has 0 fully saturated rings. The van der Waals surface area contributed by atoms with Crippen LogP contribution in [-0.2, 0) is 13.0 Å². The Bertz CT molecular complexity index is 310. The third kappa shape index (κ3) is 3.88. The molecule has 0 aliphatic carbocycles. The third-order valence-electron chi connectivity index (χ3n) is 2.01. The Morgan fingerprint density at radius 2 is 2.13 bits per heavy atom. The van der Waals surface area contributed by atoms with E-state index in [1.54, 1.807) is 0 Å². The summed E-state index contributed by atoms with van der Waals surface area (Å²) in [5, 5.41) is 3.13. The summed E-state index contributed by atoms with van der Waals surface area (Å²) >= 11 is 0. The maximum absolute atomic E-state index is 5.60. The molecule has 0 spiro atoms. The molecule has 3 heteroatoms. The van der Waals surface area contributed by atoms with Crippen molar-refractivity contribution in [1.29, 1.82) is 0 Å². The average molecular weight is 208 g/mol. The fourth-order valence-electron chi connectivity index (χ4n) is 1.41. The second kappa shape index (κ2) is 5.71. The van der Waals surface area contributed by atoms with E-state index in [0.717, 1.165) is 24.5 Å². The Morgan fingerprint density at radius 3 is 2.67 bits per heavy atom. The number of ether oxygens (including phenoxy) is 1. The van der Waals surface area contributed by atoms with Gasteiger partial charge >= 0.3 is 0 Å². The first kappa shape index (κ1) is 12.0. The molecule has 0 aromatic carbocycles. The zero-order valence-corrected chi connectivity index (χ0v) is 10.0. The van der Waals surface area contributed by atoms with E-state index in [2.05, 4.69) is 23.3 Å². The molecular formula is C12H20N2O. The molecule has 0 saturated carbocycles. The van der Waals surface area contributed by atoms with Crippen molar-refractivity contribution in [2.75, 3.05) is 7.05 Å². The highest BCUT2D eigenvalue weighted by molar-refractivity contribution is 5.25. The Kier molecular flexibility index (Phi) is 4.56. The van der Waals surface area contributed by atoms with Gasteiger partial charge in [-0.25, -0.2) is 4.98 Å². The molecule has 0 atom stereocenters. The van der Waals surface area contributed by atoms with Gasteiger partial charge in [0.15, 0.2) is 0 Å². The van der Waals surface area contributed by atoms with Crippen LogP contribution in [0.1, 0.15) is 32.0 Å². The number of rotatable bonds is 5. The highest BCUT2D eigenvalue weighted by atomic mass is 16.5. The molecule has 0 bridgehead atoms. The van der Waals surface area contributed by atoms with Crippen LogP contribution in [0.15, 0.2) is 12.1 Å². The molecule has 3 nitrogen and oxygen atoms in total. The molecule has 0 saturated heterocycles. The molecule has 1 rings (SSSR count). The van der Waals surface area contributed by atoms with Crippen LogP contribution in [0.4, 0.5) is 0 Å². The van der Waals surface area contributed by atoms with Gasteiger partial charge in [0, 0.05) is 18.3 Å². The van der Waals surface area contributed by atoms with Crippen LogP contribution in [0.5, 0.6) is 5.88 Å². The second-order valence-electron chi connectivity index (χ2n) is 3.86. The molecule has 0 radical (unpaired) electrons. The summed E-state index contributed by atoms with van der Waals surface area (Å²) in [7, 11) is 1.94. The highest BCUT2D eigenvalue weighted by Gasteiger charge is 2.04. The van der Waals surface area contributed by atoms with Crippen molar-refractivity contribution >= 4 is 0 Å². The molecule has 0 aliphatic heterocycles. The van der Waals surface area contributed by atoms with E-state index in [0.29, 0.717) is 0 Å². The predicted molar refractivity (Wildman–Crippen MR) is 62.1 cm³/mol. The third-order valence-corrected chi connectivity index (χ3v) is 2.01. The zero-order chi connectivity index (χ0) is 11.3. The minimum atomic E-state index is 0.173. The van der Waals surface area contributed by atoms with Crippen molar-refractivity contribution < 1.29 is 4.74 Å². The predicted octanol–water partition coefficient (Wildman–Crippen LogP) is 2.15.